The molecular formula is C8H15F2NO. The number of nitrogens with one attached hydrogen (secondary N) is 1. The summed E-state index contributed by atoms with van der Waals surface area (Å²) in [5.74, 6) is 0. The van der Waals surface area contributed by atoms with Gasteiger partial charge in [-0.2, -0.15) is 8.78 Å². The minimum Gasteiger partial charge on any atom is -0.318 e. The number of halogens is 2. The maximum Gasteiger partial charge on any atom is 0.345 e. The van der Waals surface area contributed by atoms with Gasteiger partial charge in [-0.25, -0.2) is 0 Å². The fourth-order valence-electron chi connectivity index (χ4n) is 1.54. The lowest BCUT2D eigenvalue weighted by Crippen LogP contribution is -2.43. The van der Waals surface area contributed by atoms with Crippen LogP contribution in [-0.4, -0.2) is 25.3 Å². The average Bonchev–Trinajstić information content (AvgIpc) is 2.05. The summed E-state index contributed by atoms with van der Waals surface area (Å²) < 4.78 is 28.0. The zero-order valence-electron chi connectivity index (χ0n) is 7.22. The molecule has 0 aromatic heterocycles. The number of piperidine rings is 1. The predicted octanol–water partition coefficient (Wildman–Crippen LogP) is 1.76. The van der Waals surface area contributed by atoms with Crippen molar-refractivity contribution in [2.24, 2.45) is 0 Å². The maximum atomic E-state index is 11.8. The largest absolute Gasteiger partial charge is 0.345 e. The van der Waals surface area contributed by atoms with Crippen LogP contribution in [-0.2, 0) is 4.74 Å². The van der Waals surface area contributed by atoms with Crippen LogP contribution < -0.4 is 5.32 Å². The summed E-state index contributed by atoms with van der Waals surface area (Å²) >= 11 is 0. The Bertz CT molecular complexity index is 126. The standard InChI is InChI=1S/C8H15F2NO/c1-6(12-8(9)10)7-4-2-3-5-11-7/h6-8,11H,2-5H2,1H3. The first kappa shape index (κ1) is 9.86. The topological polar surface area (TPSA) is 21.3 Å². The van der Waals surface area contributed by atoms with E-state index >= 15 is 0 Å². The molecule has 0 saturated carbocycles. The van der Waals surface area contributed by atoms with Crippen molar-refractivity contribution in [3.05, 3.63) is 0 Å². The molecule has 2 nitrogen and oxygen atoms in total. The fraction of sp³-hybridized carbons (Fsp3) is 1.00. The van der Waals surface area contributed by atoms with Crippen LogP contribution in [0.15, 0.2) is 0 Å². The van der Waals surface area contributed by atoms with Crippen LogP contribution in [0.3, 0.4) is 0 Å². The molecule has 0 bridgehead atoms. The van der Waals surface area contributed by atoms with E-state index in [1.165, 1.54) is 0 Å². The molecule has 0 aromatic carbocycles. The first-order chi connectivity index (χ1) is 5.70. The summed E-state index contributed by atoms with van der Waals surface area (Å²) in [4.78, 5) is 0. The van der Waals surface area contributed by atoms with Gasteiger partial charge in [-0.15, -0.1) is 0 Å². The second-order valence-electron chi connectivity index (χ2n) is 3.16. The number of alkyl halides is 2. The monoisotopic (exact) mass is 179 g/mol. The number of hydrogen-bond donors (Lipinski definition) is 1. The second kappa shape index (κ2) is 4.72. The highest BCUT2D eigenvalue weighted by Gasteiger charge is 2.22. The van der Waals surface area contributed by atoms with Crippen LogP contribution in [0.2, 0.25) is 0 Å². The summed E-state index contributed by atoms with van der Waals surface area (Å²) in [6, 6.07) is 0.104. The van der Waals surface area contributed by atoms with Crippen molar-refractivity contribution in [3.63, 3.8) is 0 Å². The third-order valence-electron chi connectivity index (χ3n) is 2.23. The van der Waals surface area contributed by atoms with E-state index in [-0.39, 0.29) is 12.1 Å². The van der Waals surface area contributed by atoms with Crippen LogP contribution in [0.1, 0.15) is 26.2 Å². The molecule has 0 aromatic rings. The van der Waals surface area contributed by atoms with Crippen molar-refractivity contribution in [2.75, 3.05) is 6.54 Å². The highest BCUT2D eigenvalue weighted by molar-refractivity contribution is 4.77. The molecule has 2 unspecified atom stereocenters. The molecule has 4 heteroatoms. The Labute approximate surface area is 71.3 Å². The smallest absolute Gasteiger partial charge is 0.318 e. The van der Waals surface area contributed by atoms with Crippen molar-refractivity contribution in [3.8, 4) is 0 Å². The Balaban J connectivity index is 2.24. The van der Waals surface area contributed by atoms with Gasteiger partial charge in [0.2, 0.25) is 0 Å². The highest BCUT2D eigenvalue weighted by Crippen LogP contribution is 2.14. The van der Waals surface area contributed by atoms with Crippen molar-refractivity contribution in [1.82, 2.24) is 5.32 Å². The number of ether oxygens (including phenoxy) is 1. The molecule has 0 amide bonds. The molecule has 1 aliphatic rings. The van der Waals surface area contributed by atoms with Gasteiger partial charge in [0, 0.05) is 6.04 Å². The van der Waals surface area contributed by atoms with Gasteiger partial charge < -0.3 is 10.1 Å². The number of hydrogen-bond acceptors (Lipinski definition) is 2. The van der Waals surface area contributed by atoms with E-state index in [4.69, 9.17) is 0 Å². The molecule has 1 heterocycles. The zero-order chi connectivity index (χ0) is 8.97. The molecule has 1 N–H and O–H groups in total. The van der Waals surface area contributed by atoms with Crippen molar-refractivity contribution < 1.29 is 13.5 Å². The quantitative estimate of drug-likeness (QED) is 0.712. The lowest BCUT2D eigenvalue weighted by Gasteiger charge is -2.28. The van der Waals surface area contributed by atoms with Gasteiger partial charge in [0.1, 0.15) is 0 Å². The summed E-state index contributed by atoms with van der Waals surface area (Å²) in [6.07, 6.45) is 2.80. The van der Waals surface area contributed by atoms with Crippen molar-refractivity contribution in [2.45, 2.75) is 44.9 Å². The third kappa shape index (κ3) is 3.03. The summed E-state index contributed by atoms with van der Waals surface area (Å²) in [6.45, 7) is -0.0414. The predicted molar refractivity (Wildman–Crippen MR) is 42.2 cm³/mol. The summed E-state index contributed by atoms with van der Waals surface area (Å²) in [5, 5.41) is 3.17. The molecule has 2 atom stereocenters. The molecule has 12 heavy (non-hydrogen) atoms. The minimum absolute atomic E-state index is 0.104. The fourth-order valence-corrected chi connectivity index (χ4v) is 1.54. The van der Waals surface area contributed by atoms with Gasteiger partial charge in [-0.1, -0.05) is 6.42 Å². The Morgan fingerprint density at radius 2 is 2.17 bits per heavy atom. The van der Waals surface area contributed by atoms with Crippen molar-refractivity contribution >= 4 is 0 Å². The second-order valence-corrected chi connectivity index (χ2v) is 3.16. The van der Waals surface area contributed by atoms with Crippen LogP contribution in [0.25, 0.3) is 0 Å². The summed E-state index contributed by atoms with van der Waals surface area (Å²) in [5.41, 5.74) is 0. The molecule has 0 aliphatic carbocycles. The lowest BCUT2D eigenvalue weighted by molar-refractivity contribution is -0.166. The van der Waals surface area contributed by atoms with E-state index in [0.29, 0.717) is 0 Å². The Hall–Kier alpha value is -0.220. The molecule has 72 valence electrons. The molecule has 1 rings (SSSR count). The lowest BCUT2D eigenvalue weighted by atomic mass is 10.0. The van der Waals surface area contributed by atoms with Crippen molar-refractivity contribution in [1.29, 1.82) is 0 Å². The van der Waals surface area contributed by atoms with Crippen LogP contribution >= 0.6 is 0 Å². The number of rotatable bonds is 3. The van der Waals surface area contributed by atoms with Gasteiger partial charge in [0.05, 0.1) is 6.10 Å². The SMILES string of the molecule is CC(OC(F)F)C1CCCCN1. The van der Waals surface area contributed by atoms with E-state index in [0.717, 1.165) is 25.8 Å². The Kier molecular flexibility index (Phi) is 3.88. The van der Waals surface area contributed by atoms with E-state index in [1.54, 1.807) is 6.92 Å². The normalized spacial score (nSPS) is 27.5. The maximum absolute atomic E-state index is 11.8. The van der Waals surface area contributed by atoms with E-state index < -0.39 is 6.61 Å². The van der Waals surface area contributed by atoms with E-state index in [9.17, 15) is 8.78 Å². The Morgan fingerprint density at radius 1 is 1.42 bits per heavy atom. The molecule has 1 aliphatic heterocycles. The van der Waals surface area contributed by atoms with Crippen LogP contribution in [0, 0.1) is 0 Å². The molecule has 1 fully saturated rings. The van der Waals surface area contributed by atoms with Gasteiger partial charge in [-0.3, -0.25) is 0 Å². The summed E-state index contributed by atoms with van der Waals surface area (Å²) in [7, 11) is 0. The average molecular weight is 179 g/mol. The minimum atomic E-state index is -2.65. The molecule has 0 radical (unpaired) electrons. The van der Waals surface area contributed by atoms with Gasteiger partial charge >= 0.3 is 6.61 Å². The molecule has 1 saturated heterocycles. The Morgan fingerprint density at radius 3 is 2.67 bits per heavy atom. The molecule has 0 spiro atoms. The zero-order valence-corrected chi connectivity index (χ0v) is 7.22. The first-order valence-electron chi connectivity index (χ1n) is 4.37. The first-order valence-corrected chi connectivity index (χ1v) is 4.37. The van der Waals surface area contributed by atoms with Gasteiger partial charge in [0.15, 0.2) is 0 Å². The van der Waals surface area contributed by atoms with Gasteiger partial charge in [0.25, 0.3) is 0 Å². The van der Waals surface area contributed by atoms with E-state index in [1.807, 2.05) is 0 Å². The molecular weight excluding hydrogens is 164 g/mol. The third-order valence-corrected chi connectivity index (χ3v) is 2.23. The van der Waals surface area contributed by atoms with Gasteiger partial charge in [-0.05, 0) is 26.3 Å². The van der Waals surface area contributed by atoms with Crippen LogP contribution in [0.4, 0.5) is 8.78 Å². The highest BCUT2D eigenvalue weighted by atomic mass is 19.3. The van der Waals surface area contributed by atoms with Crippen LogP contribution in [0.5, 0.6) is 0 Å². The van der Waals surface area contributed by atoms with E-state index in [2.05, 4.69) is 10.1 Å².